The number of amides is 2. The van der Waals surface area contributed by atoms with Crippen molar-refractivity contribution in [2.24, 2.45) is 11.3 Å². The molecule has 3 heterocycles. The van der Waals surface area contributed by atoms with Crippen molar-refractivity contribution in [3.8, 4) is 0 Å². The van der Waals surface area contributed by atoms with Crippen molar-refractivity contribution in [3.63, 3.8) is 0 Å². The highest BCUT2D eigenvalue weighted by molar-refractivity contribution is 5.97. The summed E-state index contributed by atoms with van der Waals surface area (Å²) in [6, 6.07) is 5.75. The molecule has 2 atom stereocenters. The monoisotopic (exact) mass is 441 g/mol. The Morgan fingerprint density at radius 1 is 1.25 bits per heavy atom. The second-order valence-electron chi connectivity index (χ2n) is 10.2. The zero-order chi connectivity index (χ0) is 22.5. The number of benzene rings is 1. The molecule has 3 fully saturated rings. The third-order valence-corrected chi connectivity index (χ3v) is 6.59. The van der Waals surface area contributed by atoms with E-state index in [0.29, 0.717) is 26.3 Å². The third kappa shape index (κ3) is 4.13. The molecule has 0 bridgehead atoms. The Hall–Kier alpha value is -2.81. The minimum Gasteiger partial charge on any atom is -0.444 e. The van der Waals surface area contributed by atoms with Crippen LogP contribution in [0, 0.1) is 11.3 Å². The first-order valence-corrected chi connectivity index (χ1v) is 11.3. The number of nitrogens with zero attached hydrogens (tertiary/aromatic N) is 3. The Balaban J connectivity index is 1.21. The molecule has 9 nitrogen and oxygen atoms in total. The Morgan fingerprint density at radius 2 is 2.03 bits per heavy atom. The number of morpholine rings is 1. The van der Waals surface area contributed by atoms with E-state index in [-0.39, 0.29) is 23.3 Å². The van der Waals surface area contributed by atoms with Gasteiger partial charge in [0.15, 0.2) is 0 Å². The van der Waals surface area contributed by atoms with Gasteiger partial charge in [-0.2, -0.15) is 0 Å². The summed E-state index contributed by atoms with van der Waals surface area (Å²) in [4.78, 5) is 37.2. The lowest BCUT2D eigenvalue weighted by Crippen LogP contribution is -2.36. The van der Waals surface area contributed by atoms with Crippen molar-refractivity contribution in [3.05, 3.63) is 18.2 Å². The van der Waals surface area contributed by atoms with Crippen LogP contribution >= 0.6 is 0 Å². The van der Waals surface area contributed by atoms with Gasteiger partial charge in [-0.05, 0) is 51.8 Å². The summed E-state index contributed by atoms with van der Waals surface area (Å²) in [5.74, 6) is 0.778. The van der Waals surface area contributed by atoms with Crippen LogP contribution in [-0.2, 0) is 14.3 Å². The number of carbonyl (C=O) groups excluding carboxylic acids is 2. The maximum absolute atomic E-state index is 12.9. The number of H-pyrrole nitrogens is 1. The van der Waals surface area contributed by atoms with E-state index in [1.54, 1.807) is 4.90 Å². The van der Waals surface area contributed by atoms with Gasteiger partial charge in [0, 0.05) is 43.2 Å². The van der Waals surface area contributed by atoms with E-state index >= 15 is 0 Å². The molecule has 9 heteroatoms. The quantitative estimate of drug-likeness (QED) is 0.760. The van der Waals surface area contributed by atoms with Crippen LogP contribution < -0.4 is 10.2 Å². The van der Waals surface area contributed by atoms with Crippen LogP contribution in [0.5, 0.6) is 0 Å². The minimum atomic E-state index is -0.514. The Kier molecular flexibility index (Phi) is 5.03. The second kappa shape index (κ2) is 7.65. The largest absolute Gasteiger partial charge is 0.444 e. The molecule has 2 aliphatic heterocycles. The zero-order valence-corrected chi connectivity index (χ0v) is 18.9. The topological polar surface area (TPSA) is 99.8 Å². The highest BCUT2D eigenvalue weighted by Gasteiger charge is 2.61. The number of rotatable bonds is 3. The van der Waals surface area contributed by atoms with Crippen LogP contribution in [-0.4, -0.2) is 71.9 Å². The minimum absolute atomic E-state index is 0.0170. The number of fused-ring (bicyclic) bond motifs is 1. The summed E-state index contributed by atoms with van der Waals surface area (Å²) in [7, 11) is 0. The third-order valence-electron chi connectivity index (χ3n) is 6.59. The summed E-state index contributed by atoms with van der Waals surface area (Å²) < 4.78 is 10.9. The Bertz CT molecular complexity index is 1040. The zero-order valence-electron chi connectivity index (χ0n) is 18.9. The molecular weight excluding hydrogens is 410 g/mol. The number of ether oxygens (including phenoxy) is 2. The van der Waals surface area contributed by atoms with Gasteiger partial charge in [0.05, 0.1) is 24.2 Å². The number of carbonyl (C=O) groups is 2. The molecule has 3 aliphatic rings. The number of aromatic nitrogens is 2. The normalized spacial score (nSPS) is 25.4. The molecule has 1 spiro atoms. The van der Waals surface area contributed by atoms with Gasteiger partial charge in [-0.1, -0.05) is 0 Å². The molecule has 2 saturated heterocycles. The molecule has 2 unspecified atom stereocenters. The molecule has 1 aliphatic carbocycles. The van der Waals surface area contributed by atoms with E-state index in [1.807, 2.05) is 39.0 Å². The van der Waals surface area contributed by atoms with Crippen molar-refractivity contribution >= 4 is 34.7 Å². The van der Waals surface area contributed by atoms with E-state index in [2.05, 4.69) is 20.2 Å². The Morgan fingerprint density at radius 3 is 2.78 bits per heavy atom. The van der Waals surface area contributed by atoms with Gasteiger partial charge in [-0.25, -0.2) is 9.78 Å². The smallest absolute Gasteiger partial charge is 0.410 e. The molecule has 2 amide bonds. The summed E-state index contributed by atoms with van der Waals surface area (Å²) in [5, 5.41) is 3.06. The predicted octanol–water partition coefficient (Wildman–Crippen LogP) is 2.99. The first-order valence-electron chi connectivity index (χ1n) is 11.3. The molecule has 172 valence electrons. The first-order chi connectivity index (χ1) is 15.2. The molecule has 5 rings (SSSR count). The lowest BCUT2D eigenvalue weighted by atomic mass is 10.0. The van der Waals surface area contributed by atoms with Gasteiger partial charge in [-0.3, -0.25) is 4.79 Å². The summed E-state index contributed by atoms with van der Waals surface area (Å²) in [6.07, 6.45) is 1.36. The van der Waals surface area contributed by atoms with Crippen LogP contribution in [0.1, 0.15) is 33.6 Å². The first kappa shape index (κ1) is 21.1. The molecule has 2 aromatic rings. The van der Waals surface area contributed by atoms with E-state index in [9.17, 15) is 9.59 Å². The molecule has 2 N–H and O–H groups in total. The summed E-state index contributed by atoms with van der Waals surface area (Å²) >= 11 is 0. The van der Waals surface area contributed by atoms with Crippen LogP contribution in [0.4, 0.5) is 16.4 Å². The summed E-state index contributed by atoms with van der Waals surface area (Å²) in [5.41, 5.74) is 1.90. The average molecular weight is 442 g/mol. The lowest BCUT2D eigenvalue weighted by molar-refractivity contribution is -0.118. The maximum Gasteiger partial charge on any atom is 0.410 e. The van der Waals surface area contributed by atoms with Crippen molar-refractivity contribution in [2.45, 2.75) is 39.2 Å². The number of hydrogen-bond donors (Lipinski definition) is 2. The number of nitrogens with one attached hydrogen (secondary N) is 2. The Labute approximate surface area is 187 Å². The van der Waals surface area contributed by atoms with Crippen molar-refractivity contribution in [1.82, 2.24) is 14.9 Å². The maximum atomic E-state index is 12.9. The molecular formula is C23H31N5O4. The van der Waals surface area contributed by atoms with Gasteiger partial charge in [0.2, 0.25) is 11.9 Å². The molecule has 0 radical (unpaired) electrons. The highest BCUT2D eigenvalue weighted by atomic mass is 16.6. The predicted molar refractivity (Wildman–Crippen MR) is 121 cm³/mol. The van der Waals surface area contributed by atoms with E-state index in [4.69, 9.17) is 9.47 Å². The molecule has 1 saturated carbocycles. The van der Waals surface area contributed by atoms with Crippen LogP contribution in [0.15, 0.2) is 18.2 Å². The fraction of sp³-hybridized carbons (Fsp3) is 0.609. The number of aromatic amines is 1. The number of imidazole rings is 1. The number of likely N-dealkylation sites (tertiary alicyclic amines) is 1. The van der Waals surface area contributed by atoms with Crippen molar-refractivity contribution in [2.75, 3.05) is 49.6 Å². The van der Waals surface area contributed by atoms with Gasteiger partial charge in [0.1, 0.15) is 5.60 Å². The molecule has 1 aromatic heterocycles. The van der Waals surface area contributed by atoms with Crippen LogP contribution in [0.2, 0.25) is 0 Å². The molecule has 1 aromatic carbocycles. The van der Waals surface area contributed by atoms with E-state index in [1.165, 1.54) is 0 Å². The fourth-order valence-electron chi connectivity index (χ4n) is 4.78. The van der Waals surface area contributed by atoms with Gasteiger partial charge in [-0.15, -0.1) is 0 Å². The average Bonchev–Trinajstić information content (AvgIpc) is 3.07. The van der Waals surface area contributed by atoms with Crippen LogP contribution in [0.25, 0.3) is 11.0 Å². The second-order valence-corrected chi connectivity index (χ2v) is 10.2. The van der Waals surface area contributed by atoms with E-state index < -0.39 is 5.60 Å². The fourth-order valence-corrected chi connectivity index (χ4v) is 4.78. The molecule has 32 heavy (non-hydrogen) atoms. The standard InChI is InChI=1S/C23H31N5O4/c1-22(2,3)32-21(30)28-7-6-23(14-28)13-16(23)19(29)24-15-4-5-17-18(12-15)26-20(25-17)27-8-10-31-11-9-27/h4-5,12,16H,6-11,13-14H2,1-3H3,(H,24,29)(H,25,26). The van der Waals surface area contributed by atoms with E-state index in [0.717, 1.165) is 48.6 Å². The number of hydrogen-bond acceptors (Lipinski definition) is 6. The van der Waals surface area contributed by atoms with Gasteiger partial charge >= 0.3 is 6.09 Å². The lowest BCUT2D eigenvalue weighted by Gasteiger charge is -2.26. The van der Waals surface area contributed by atoms with Crippen molar-refractivity contribution < 1.29 is 19.1 Å². The van der Waals surface area contributed by atoms with Crippen LogP contribution in [0.3, 0.4) is 0 Å². The SMILES string of the molecule is CC(C)(C)OC(=O)N1CCC2(CC2C(=O)Nc2ccc3nc(N4CCOCC4)[nH]c3c2)C1. The van der Waals surface area contributed by atoms with Gasteiger partial charge in [0.25, 0.3) is 0 Å². The number of anilines is 2. The van der Waals surface area contributed by atoms with Crippen molar-refractivity contribution in [1.29, 1.82) is 0 Å². The summed E-state index contributed by atoms with van der Waals surface area (Å²) in [6.45, 7) is 9.85. The highest BCUT2D eigenvalue weighted by Crippen LogP contribution is 2.59. The van der Waals surface area contributed by atoms with Gasteiger partial charge < -0.3 is 29.6 Å².